The van der Waals surface area contributed by atoms with Gasteiger partial charge in [-0.15, -0.1) is 0 Å². The number of hydrogen-bond donors (Lipinski definition) is 1. The second-order valence-corrected chi connectivity index (χ2v) is 6.53. The van der Waals surface area contributed by atoms with Crippen molar-refractivity contribution in [3.8, 4) is 17.6 Å². The molecule has 2 aromatic rings. The first-order valence-corrected chi connectivity index (χ1v) is 8.43. The zero-order valence-corrected chi connectivity index (χ0v) is 13.5. The summed E-state index contributed by atoms with van der Waals surface area (Å²) in [4.78, 5) is -0.147. The third-order valence-electron chi connectivity index (χ3n) is 2.72. The second kappa shape index (κ2) is 7.97. The molecule has 120 valence electrons. The van der Waals surface area contributed by atoms with E-state index in [1.54, 1.807) is 24.3 Å². The molecule has 0 saturated heterocycles. The van der Waals surface area contributed by atoms with Crippen molar-refractivity contribution in [2.45, 2.75) is 4.90 Å². The third kappa shape index (κ3) is 5.25. The molecule has 0 spiro atoms. The van der Waals surface area contributed by atoms with E-state index < -0.39 is 15.8 Å². The van der Waals surface area contributed by atoms with E-state index in [2.05, 4.69) is 16.6 Å². The highest BCUT2D eigenvalue weighted by molar-refractivity contribution is 7.89. The lowest BCUT2D eigenvalue weighted by Gasteiger charge is -2.04. The van der Waals surface area contributed by atoms with Crippen LogP contribution in [0.1, 0.15) is 0 Å². The van der Waals surface area contributed by atoms with Gasteiger partial charge in [-0.2, -0.15) is 4.72 Å². The Balaban J connectivity index is 1.85. The van der Waals surface area contributed by atoms with Gasteiger partial charge in [0.2, 0.25) is 10.0 Å². The molecule has 1 N–H and O–H groups in total. The lowest BCUT2D eigenvalue weighted by molar-refractivity contribution is 0.370. The normalized spacial score (nSPS) is 10.7. The van der Waals surface area contributed by atoms with Gasteiger partial charge in [0.15, 0.2) is 0 Å². The molecule has 7 heteroatoms. The van der Waals surface area contributed by atoms with Gasteiger partial charge in [-0.05, 0) is 30.3 Å². The van der Waals surface area contributed by atoms with Crippen LogP contribution in [-0.2, 0) is 10.0 Å². The number of ether oxygens (including phenoxy) is 1. The van der Waals surface area contributed by atoms with Crippen molar-refractivity contribution in [3.63, 3.8) is 0 Å². The average molecular weight is 354 g/mol. The molecule has 0 aliphatic rings. The predicted molar refractivity (Wildman–Crippen MR) is 86.3 cm³/mol. The first-order chi connectivity index (χ1) is 11.0. The van der Waals surface area contributed by atoms with Crippen LogP contribution in [0.5, 0.6) is 5.75 Å². The molecule has 0 fully saturated rings. The fourth-order valence-corrected chi connectivity index (χ4v) is 2.78. The van der Waals surface area contributed by atoms with E-state index in [9.17, 15) is 12.8 Å². The number of sulfonamides is 1. The van der Waals surface area contributed by atoms with Crippen molar-refractivity contribution in [3.05, 3.63) is 59.4 Å². The van der Waals surface area contributed by atoms with Gasteiger partial charge in [-0.3, -0.25) is 0 Å². The summed E-state index contributed by atoms with van der Waals surface area (Å²) in [6.07, 6.45) is 0. The van der Waals surface area contributed by atoms with Crippen LogP contribution in [-0.4, -0.2) is 21.6 Å². The van der Waals surface area contributed by atoms with Crippen LogP contribution in [0.15, 0.2) is 53.4 Å². The van der Waals surface area contributed by atoms with Crippen LogP contribution < -0.4 is 9.46 Å². The topological polar surface area (TPSA) is 55.4 Å². The largest absolute Gasteiger partial charge is 0.479 e. The van der Waals surface area contributed by atoms with E-state index in [0.717, 1.165) is 6.07 Å². The highest BCUT2D eigenvalue weighted by Crippen LogP contribution is 2.22. The molecule has 2 rings (SSSR count). The summed E-state index contributed by atoms with van der Waals surface area (Å²) < 4.78 is 44.4. The molecule has 0 atom stereocenters. The second-order valence-electron chi connectivity index (χ2n) is 4.35. The Morgan fingerprint density at radius 3 is 2.65 bits per heavy atom. The lowest BCUT2D eigenvalue weighted by atomic mass is 10.3. The number of nitrogens with one attached hydrogen (secondary N) is 1. The van der Waals surface area contributed by atoms with Gasteiger partial charge >= 0.3 is 0 Å². The number of halogens is 2. The Hall–Kier alpha value is -2.07. The highest BCUT2D eigenvalue weighted by Gasteiger charge is 2.12. The van der Waals surface area contributed by atoms with E-state index in [-0.39, 0.29) is 18.0 Å². The summed E-state index contributed by atoms with van der Waals surface area (Å²) in [7, 11) is -3.78. The van der Waals surface area contributed by atoms with Crippen LogP contribution in [0, 0.1) is 17.7 Å². The maximum absolute atomic E-state index is 13.0. The van der Waals surface area contributed by atoms with Crippen molar-refractivity contribution in [2.24, 2.45) is 0 Å². The van der Waals surface area contributed by atoms with Crippen molar-refractivity contribution < 1.29 is 17.5 Å². The molecule has 0 amide bonds. The molecular weight excluding hydrogens is 341 g/mol. The van der Waals surface area contributed by atoms with Crippen LogP contribution in [0.3, 0.4) is 0 Å². The van der Waals surface area contributed by atoms with Gasteiger partial charge in [-0.1, -0.05) is 41.6 Å². The standard InChI is InChI=1S/C16H13ClFNO3S/c17-15-8-1-2-9-16(15)22-11-4-3-10-19-23(20,21)14-7-5-6-13(18)12-14/h1-2,5-9,12,19H,10-11H2. The van der Waals surface area contributed by atoms with Crippen LogP contribution in [0.2, 0.25) is 5.02 Å². The summed E-state index contributed by atoms with van der Waals surface area (Å²) in [5, 5.41) is 0.473. The number of benzene rings is 2. The molecule has 0 aromatic heterocycles. The molecule has 0 unspecified atom stereocenters. The van der Waals surface area contributed by atoms with Crippen molar-refractivity contribution in [2.75, 3.05) is 13.2 Å². The predicted octanol–water partition coefficient (Wildman–Crippen LogP) is 2.84. The van der Waals surface area contributed by atoms with E-state index in [1.807, 2.05) is 0 Å². The van der Waals surface area contributed by atoms with Crippen molar-refractivity contribution in [1.29, 1.82) is 0 Å². The van der Waals surface area contributed by atoms with Gasteiger partial charge in [-0.25, -0.2) is 12.8 Å². The molecule has 4 nitrogen and oxygen atoms in total. The fourth-order valence-electron chi connectivity index (χ4n) is 1.64. The minimum absolute atomic E-state index is 0.0748. The van der Waals surface area contributed by atoms with Gasteiger partial charge in [0.05, 0.1) is 16.5 Å². The van der Waals surface area contributed by atoms with E-state index >= 15 is 0 Å². The average Bonchev–Trinajstić information content (AvgIpc) is 2.52. The molecule has 2 aromatic carbocycles. The third-order valence-corrected chi connectivity index (χ3v) is 4.43. The summed E-state index contributed by atoms with van der Waals surface area (Å²) in [6.45, 7) is -0.0316. The molecule has 0 radical (unpaired) electrons. The van der Waals surface area contributed by atoms with Gasteiger partial charge in [0.1, 0.15) is 18.2 Å². The summed E-state index contributed by atoms with van der Waals surface area (Å²) >= 11 is 5.91. The monoisotopic (exact) mass is 353 g/mol. The van der Waals surface area contributed by atoms with Gasteiger partial charge < -0.3 is 4.74 Å². The van der Waals surface area contributed by atoms with Gasteiger partial charge in [0, 0.05) is 0 Å². The Kier molecular flexibility index (Phi) is 5.99. The van der Waals surface area contributed by atoms with Crippen LogP contribution >= 0.6 is 11.6 Å². The summed E-state index contributed by atoms with van der Waals surface area (Å²) in [6, 6.07) is 11.7. The van der Waals surface area contributed by atoms with E-state index in [1.165, 1.54) is 18.2 Å². The molecule has 23 heavy (non-hydrogen) atoms. The Morgan fingerprint density at radius 2 is 1.91 bits per heavy atom. The van der Waals surface area contributed by atoms with Gasteiger partial charge in [0.25, 0.3) is 0 Å². The minimum Gasteiger partial charge on any atom is -0.479 e. The molecule has 0 heterocycles. The number of para-hydroxylation sites is 1. The maximum atomic E-state index is 13.0. The Labute approximate surface area is 139 Å². The first kappa shape index (κ1) is 17.3. The first-order valence-electron chi connectivity index (χ1n) is 6.57. The SMILES string of the molecule is O=S(=O)(NCC#CCOc1ccccc1Cl)c1cccc(F)c1. The minimum atomic E-state index is -3.78. The molecule has 0 bridgehead atoms. The van der Waals surface area contributed by atoms with Crippen molar-refractivity contribution in [1.82, 2.24) is 4.72 Å². The Morgan fingerprint density at radius 1 is 1.13 bits per heavy atom. The molecular formula is C16H13ClFNO3S. The van der Waals surface area contributed by atoms with E-state index in [0.29, 0.717) is 10.8 Å². The zero-order valence-electron chi connectivity index (χ0n) is 11.9. The Bertz CT molecular complexity index is 844. The molecule has 0 aliphatic carbocycles. The van der Waals surface area contributed by atoms with E-state index in [4.69, 9.17) is 16.3 Å². The van der Waals surface area contributed by atoms with Crippen molar-refractivity contribution >= 4 is 21.6 Å². The van der Waals surface area contributed by atoms with Crippen LogP contribution in [0.25, 0.3) is 0 Å². The number of hydrogen-bond acceptors (Lipinski definition) is 3. The maximum Gasteiger partial charge on any atom is 0.241 e. The molecule has 0 saturated carbocycles. The summed E-state index contributed by atoms with van der Waals surface area (Å²) in [5.74, 6) is 5.16. The lowest BCUT2D eigenvalue weighted by Crippen LogP contribution is -2.24. The molecule has 0 aliphatic heterocycles. The zero-order chi connectivity index (χ0) is 16.7. The highest BCUT2D eigenvalue weighted by atomic mass is 35.5. The fraction of sp³-hybridized carbons (Fsp3) is 0.125. The summed E-state index contributed by atoms with van der Waals surface area (Å²) in [5.41, 5.74) is 0. The van der Waals surface area contributed by atoms with Crippen LogP contribution in [0.4, 0.5) is 4.39 Å². The smallest absolute Gasteiger partial charge is 0.241 e. The quantitative estimate of drug-likeness (QED) is 0.841. The number of rotatable bonds is 5.